The highest BCUT2D eigenvalue weighted by Crippen LogP contribution is 2.36. The van der Waals surface area contributed by atoms with Gasteiger partial charge in [-0.05, 0) is 68.3 Å². The van der Waals surface area contributed by atoms with Crippen LogP contribution in [0.25, 0.3) is 10.9 Å². The first-order chi connectivity index (χ1) is 17.8. The Balaban J connectivity index is 0.00000420. The third-order valence-corrected chi connectivity index (χ3v) is 6.53. The predicted octanol–water partition coefficient (Wildman–Crippen LogP) is 5.27. The molecule has 3 aromatic rings. The minimum Gasteiger partial charge on any atom is -0.343 e. The van der Waals surface area contributed by atoms with Gasteiger partial charge < -0.3 is 15.5 Å². The minimum atomic E-state index is -4.87. The van der Waals surface area contributed by atoms with Crippen LogP contribution in [0.15, 0.2) is 48.5 Å². The van der Waals surface area contributed by atoms with Crippen molar-refractivity contribution in [1.82, 2.24) is 15.6 Å². The smallest absolute Gasteiger partial charge is 0.343 e. The molecule has 2 aromatic carbocycles. The molecule has 0 unspecified atom stereocenters. The van der Waals surface area contributed by atoms with E-state index in [1.165, 1.54) is 4.90 Å². The van der Waals surface area contributed by atoms with Gasteiger partial charge >= 0.3 is 12.4 Å². The number of para-hydroxylation sites is 1. The van der Waals surface area contributed by atoms with Gasteiger partial charge in [-0.3, -0.25) is 9.59 Å². The third kappa shape index (κ3) is 6.44. The van der Waals surface area contributed by atoms with Crippen LogP contribution in [-0.2, 0) is 34.9 Å². The molecule has 4 rings (SSSR count). The zero-order valence-electron chi connectivity index (χ0n) is 20.8. The molecule has 0 aliphatic carbocycles. The number of aryl methyl sites for hydroxylation is 1. The van der Waals surface area contributed by atoms with E-state index in [9.17, 15) is 35.9 Å². The van der Waals surface area contributed by atoms with E-state index in [-0.39, 0.29) is 35.3 Å². The van der Waals surface area contributed by atoms with Gasteiger partial charge in [0.15, 0.2) is 0 Å². The second-order valence-electron chi connectivity index (χ2n) is 9.06. The number of halogens is 7. The van der Waals surface area contributed by atoms with E-state index in [1.807, 2.05) is 0 Å². The molecule has 0 bridgehead atoms. The molecule has 2 heterocycles. The number of nitrogens with one attached hydrogen (secondary N) is 2. The van der Waals surface area contributed by atoms with Crippen molar-refractivity contribution >= 4 is 40.8 Å². The van der Waals surface area contributed by atoms with Gasteiger partial charge in [-0.1, -0.05) is 18.2 Å². The predicted molar refractivity (Wildman–Crippen MR) is 135 cm³/mol. The number of amides is 2. The molecule has 0 saturated carbocycles. The van der Waals surface area contributed by atoms with Crippen LogP contribution in [0.2, 0.25) is 0 Å². The van der Waals surface area contributed by atoms with Gasteiger partial charge in [0.25, 0.3) is 0 Å². The number of aromatic nitrogens is 1. The summed E-state index contributed by atoms with van der Waals surface area (Å²) in [5, 5.41) is 5.29. The number of carbonyl (C=O) groups is 2. The highest BCUT2D eigenvalue weighted by Gasteiger charge is 2.37. The van der Waals surface area contributed by atoms with Crippen LogP contribution in [0.3, 0.4) is 0 Å². The van der Waals surface area contributed by atoms with Gasteiger partial charge in [0.1, 0.15) is 11.7 Å². The Labute approximate surface area is 226 Å². The number of pyridine rings is 1. The molecule has 1 aromatic heterocycles. The highest BCUT2D eigenvalue weighted by atomic mass is 35.5. The van der Waals surface area contributed by atoms with Crippen LogP contribution in [0.4, 0.5) is 32.0 Å². The summed E-state index contributed by atoms with van der Waals surface area (Å²) in [5.41, 5.74) is -1.67. The maximum atomic E-state index is 13.7. The quantitative estimate of drug-likeness (QED) is 0.408. The van der Waals surface area contributed by atoms with Gasteiger partial charge in [-0.15, -0.1) is 12.4 Å². The molecule has 1 aliphatic rings. The van der Waals surface area contributed by atoms with E-state index in [1.54, 1.807) is 38.2 Å². The highest BCUT2D eigenvalue weighted by molar-refractivity contribution is 6.01. The lowest BCUT2D eigenvalue weighted by Crippen LogP contribution is -2.52. The van der Waals surface area contributed by atoms with Crippen LogP contribution < -0.4 is 15.5 Å². The second-order valence-corrected chi connectivity index (χ2v) is 9.06. The average Bonchev–Trinajstić information content (AvgIpc) is 2.99. The van der Waals surface area contributed by atoms with Crippen molar-refractivity contribution in [3.8, 4) is 0 Å². The number of nitrogens with zero attached hydrogens (tertiary/aromatic N) is 2. The van der Waals surface area contributed by atoms with E-state index in [4.69, 9.17) is 0 Å². The molecule has 0 fully saturated rings. The van der Waals surface area contributed by atoms with Gasteiger partial charge in [0, 0.05) is 11.1 Å². The number of anilines is 1. The maximum absolute atomic E-state index is 13.7. The van der Waals surface area contributed by atoms with Crippen molar-refractivity contribution in [2.75, 3.05) is 11.9 Å². The molecule has 13 heteroatoms. The summed E-state index contributed by atoms with van der Waals surface area (Å²) in [6, 6.07) is 8.11. The first kappa shape index (κ1) is 30.2. The van der Waals surface area contributed by atoms with E-state index in [0.29, 0.717) is 29.8 Å². The first-order valence-electron chi connectivity index (χ1n) is 11.7. The number of hydrogen-bond donors (Lipinski definition) is 2. The summed E-state index contributed by atoms with van der Waals surface area (Å²) < 4.78 is 81.3. The molecule has 0 saturated heterocycles. The van der Waals surface area contributed by atoms with Crippen molar-refractivity contribution in [3.05, 3.63) is 70.9 Å². The van der Waals surface area contributed by atoms with Gasteiger partial charge in [0.2, 0.25) is 11.8 Å². The van der Waals surface area contributed by atoms with Crippen molar-refractivity contribution in [2.45, 2.75) is 50.7 Å². The average molecular weight is 575 g/mol. The monoisotopic (exact) mass is 574 g/mol. The summed E-state index contributed by atoms with van der Waals surface area (Å²) in [7, 11) is 1.57. The number of benzene rings is 2. The summed E-state index contributed by atoms with van der Waals surface area (Å²) >= 11 is 0. The van der Waals surface area contributed by atoms with Crippen LogP contribution >= 0.6 is 12.4 Å². The molecule has 2 amide bonds. The molecular formula is C26H25ClF6N4O2. The molecule has 210 valence electrons. The van der Waals surface area contributed by atoms with Crippen molar-refractivity contribution < 1.29 is 35.9 Å². The normalized spacial score (nSPS) is 16.8. The lowest BCUT2D eigenvalue weighted by atomic mass is 10.0. The Morgan fingerprint density at radius 3 is 2.41 bits per heavy atom. The Hall–Kier alpha value is -3.38. The fourth-order valence-electron chi connectivity index (χ4n) is 4.36. The van der Waals surface area contributed by atoms with Crippen LogP contribution in [0, 0.1) is 0 Å². The third-order valence-electron chi connectivity index (χ3n) is 6.53. The van der Waals surface area contributed by atoms with E-state index >= 15 is 0 Å². The standard InChI is InChI=1S/C26H24F6N4O2.ClH/c1-14(33-2)23(37)35-20-9-7-15-5-3-4-6-21(15)36(24(20)38)13-16-11-22(26(30,31)32)34-19-10-8-17(12-18(16)19)25(27,28)29;/h3-6,8,10-12,14,20,33H,7,9,13H2,1-2H3,(H,35,37);1H/t14-,20-;/m0./s1. The van der Waals surface area contributed by atoms with Crippen molar-refractivity contribution in [2.24, 2.45) is 0 Å². The number of alkyl halides is 6. The lowest BCUT2D eigenvalue weighted by molar-refractivity contribution is -0.141. The Morgan fingerprint density at radius 1 is 1.08 bits per heavy atom. The van der Waals surface area contributed by atoms with Crippen LogP contribution in [-0.4, -0.2) is 35.9 Å². The lowest BCUT2D eigenvalue weighted by Gasteiger charge is -2.28. The number of hydrogen-bond acceptors (Lipinski definition) is 4. The number of rotatable bonds is 5. The fourth-order valence-corrected chi connectivity index (χ4v) is 4.36. The van der Waals surface area contributed by atoms with Crippen LogP contribution in [0.5, 0.6) is 0 Å². The van der Waals surface area contributed by atoms with Crippen molar-refractivity contribution in [1.29, 1.82) is 0 Å². The Morgan fingerprint density at radius 2 is 1.77 bits per heavy atom. The first-order valence-corrected chi connectivity index (χ1v) is 11.7. The summed E-state index contributed by atoms with van der Waals surface area (Å²) in [5.74, 6) is -1.03. The molecule has 2 atom stereocenters. The molecule has 6 nitrogen and oxygen atoms in total. The van der Waals surface area contributed by atoms with Gasteiger partial charge in [0.05, 0.1) is 23.7 Å². The van der Waals surface area contributed by atoms with Crippen molar-refractivity contribution in [3.63, 3.8) is 0 Å². The van der Waals surface area contributed by atoms with Gasteiger partial charge in [-0.2, -0.15) is 26.3 Å². The zero-order chi connectivity index (χ0) is 27.8. The van der Waals surface area contributed by atoms with E-state index in [0.717, 1.165) is 12.1 Å². The molecular weight excluding hydrogens is 550 g/mol. The summed E-state index contributed by atoms with van der Waals surface area (Å²) in [6.45, 7) is 1.14. The zero-order valence-corrected chi connectivity index (χ0v) is 21.6. The van der Waals surface area contributed by atoms with Gasteiger partial charge in [-0.25, -0.2) is 4.98 Å². The number of fused-ring (bicyclic) bond motifs is 2. The molecule has 0 spiro atoms. The molecule has 0 radical (unpaired) electrons. The largest absolute Gasteiger partial charge is 0.433 e. The van der Waals surface area contributed by atoms with E-state index in [2.05, 4.69) is 15.6 Å². The fraction of sp³-hybridized carbons (Fsp3) is 0.346. The molecule has 39 heavy (non-hydrogen) atoms. The van der Waals surface area contributed by atoms with Crippen LogP contribution in [0.1, 0.15) is 35.7 Å². The second kappa shape index (κ2) is 11.4. The summed E-state index contributed by atoms with van der Waals surface area (Å²) in [4.78, 5) is 30.9. The maximum Gasteiger partial charge on any atom is 0.433 e. The van der Waals surface area contributed by atoms with E-state index < -0.39 is 54.1 Å². The number of carbonyl (C=O) groups excluding carboxylic acids is 2. The molecule has 2 N–H and O–H groups in total. The Bertz CT molecular complexity index is 1380. The topological polar surface area (TPSA) is 74.3 Å². The molecule has 1 aliphatic heterocycles. The summed E-state index contributed by atoms with van der Waals surface area (Å²) in [6.07, 6.45) is -8.98. The Kier molecular flexibility index (Phi) is 8.81. The minimum absolute atomic E-state index is 0. The number of likely N-dealkylation sites (N-methyl/N-ethyl adjacent to an activating group) is 1. The SMILES string of the molecule is CN[C@@H](C)C(=O)N[C@H]1CCc2ccccc2N(Cc2cc(C(F)(F)F)nc3ccc(C(F)(F)F)cc23)C1=O.Cl.